The number of hydrogen-bond donors (Lipinski definition) is 0. The Kier molecular flexibility index (Phi) is 4.78. The van der Waals surface area contributed by atoms with Gasteiger partial charge >= 0.3 is 0 Å². The molecule has 3 rings (SSSR count). The molecule has 1 amide bonds. The van der Waals surface area contributed by atoms with Gasteiger partial charge in [-0.25, -0.2) is 9.67 Å². The highest BCUT2D eigenvalue weighted by molar-refractivity contribution is 5.81. The summed E-state index contributed by atoms with van der Waals surface area (Å²) in [7, 11) is 0. The zero-order chi connectivity index (χ0) is 17.1. The largest absolute Gasteiger partial charge is 0.479 e. The first-order valence-corrected chi connectivity index (χ1v) is 8.30. The molecule has 1 saturated heterocycles. The Labute approximate surface area is 141 Å². The molecule has 0 aliphatic carbocycles. The molecular formula is C17H23N5O2. The third-order valence-corrected chi connectivity index (χ3v) is 4.26. The summed E-state index contributed by atoms with van der Waals surface area (Å²) in [5.74, 6) is 2.27. The normalized spacial score (nSPS) is 19.1. The summed E-state index contributed by atoms with van der Waals surface area (Å²) in [6.07, 6.45) is 4.72. The molecule has 24 heavy (non-hydrogen) atoms. The second-order valence-corrected chi connectivity index (χ2v) is 6.18. The number of aromatic nitrogens is 4. The fourth-order valence-electron chi connectivity index (χ4n) is 3.16. The molecule has 2 atom stereocenters. The highest BCUT2D eigenvalue weighted by Crippen LogP contribution is 2.23. The molecule has 7 heteroatoms. The minimum Gasteiger partial charge on any atom is -0.479 e. The molecule has 0 aromatic carbocycles. The van der Waals surface area contributed by atoms with E-state index in [1.54, 1.807) is 31.5 Å². The van der Waals surface area contributed by atoms with Crippen LogP contribution in [-0.4, -0.2) is 49.7 Å². The van der Waals surface area contributed by atoms with Crippen LogP contribution in [-0.2, 0) is 4.79 Å². The number of carbonyl (C=O) groups is 1. The number of hydrogen-bond acceptors (Lipinski definition) is 5. The Bertz CT molecular complexity index is 700. The first-order chi connectivity index (χ1) is 11.5. The zero-order valence-electron chi connectivity index (χ0n) is 14.3. The molecule has 0 bridgehead atoms. The average Bonchev–Trinajstić information content (AvgIpc) is 2.93. The number of amides is 1. The molecule has 1 fully saturated rings. The van der Waals surface area contributed by atoms with E-state index in [1.165, 1.54) is 0 Å². The number of ether oxygens (including phenoxy) is 1. The van der Waals surface area contributed by atoms with Crippen LogP contribution in [0.25, 0.3) is 0 Å². The maximum atomic E-state index is 12.7. The molecule has 3 heterocycles. The van der Waals surface area contributed by atoms with Gasteiger partial charge in [0.2, 0.25) is 0 Å². The van der Waals surface area contributed by atoms with Crippen molar-refractivity contribution in [2.24, 2.45) is 0 Å². The number of nitrogens with zero attached hydrogens (tertiary/aromatic N) is 5. The minimum absolute atomic E-state index is 0.00181. The predicted molar refractivity (Wildman–Crippen MR) is 88.7 cm³/mol. The molecule has 1 aliphatic heterocycles. The van der Waals surface area contributed by atoms with Gasteiger partial charge in [-0.1, -0.05) is 0 Å². The minimum atomic E-state index is -0.536. The Morgan fingerprint density at radius 1 is 1.42 bits per heavy atom. The monoisotopic (exact) mass is 329 g/mol. The lowest BCUT2D eigenvalue weighted by Gasteiger charge is -2.34. The zero-order valence-corrected chi connectivity index (χ0v) is 14.3. The van der Waals surface area contributed by atoms with Crippen LogP contribution in [0.5, 0.6) is 5.75 Å². The van der Waals surface area contributed by atoms with Gasteiger partial charge in [0.05, 0.1) is 12.2 Å². The molecule has 0 unspecified atom stereocenters. The van der Waals surface area contributed by atoms with Crippen LogP contribution < -0.4 is 4.74 Å². The van der Waals surface area contributed by atoms with Crippen molar-refractivity contribution in [2.45, 2.75) is 45.8 Å². The molecule has 0 saturated carbocycles. The fraction of sp³-hybridized carbons (Fsp3) is 0.529. The first kappa shape index (κ1) is 16.4. The number of rotatable bonds is 4. The van der Waals surface area contributed by atoms with Gasteiger partial charge in [-0.05, 0) is 45.7 Å². The number of likely N-dealkylation sites (tertiary alicyclic amines) is 1. The van der Waals surface area contributed by atoms with Gasteiger partial charge in [-0.2, -0.15) is 5.10 Å². The number of piperidine rings is 1. The lowest BCUT2D eigenvalue weighted by Crippen LogP contribution is -2.46. The fourth-order valence-corrected chi connectivity index (χ4v) is 3.16. The first-order valence-electron chi connectivity index (χ1n) is 8.30. The standard InChI is InChI=1S/C17H23N5O2/c1-12(24-16-7-4-8-18-10-16)17(23)21-9-5-6-15(11-21)22-14(3)19-13(2)20-22/h4,7-8,10,12,15H,5-6,9,11H2,1-3H3/t12-,15-/m0/s1. The van der Waals surface area contributed by atoms with Crippen LogP contribution in [0.1, 0.15) is 37.5 Å². The second kappa shape index (κ2) is 6.98. The van der Waals surface area contributed by atoms with Crippen molar-refractivity contribution in [3.63, 3.8) is 0 Å². The summed E-state index contributed by atoms with van der Waals surface area (Å²) < 4.78 is 7.66. The van der Waals surface area contributed by atoms with Gasteiger partial charge in [-0.15, -0.1) is 0 Å². The molecule has 7 nitrogen and oxygen atoms in total. The summed E-state index contributed by atoms with van der Waals surface area (Å²) >= 11 is 0. The van der Waals surface area contributed by atoms with Gasteiger partial charge in [0.1, 0.15) is 17.4 Å². The lowest BCUT2D eigenvalue weighted by molar-refractivity contribution is -0.139. The summed E-state index contributed by atoms with van der Waals surface area (Å²) in [5, 5.41) is 4.47. The number of pyridine rings is 1. The number of carbonyl (C=O) groups excluding carboxylic acids is 1. The Morgan fingerprint density at radius 3 is 2.92 bits per heavy atom. The van der Waals surface area contributed by atoms with E-state index < -0.39 is 6.10 Å². The van der Waals surface area contributed by atoms with Gasteiger partial charge in [0.15, 0.2) is 6.10 Å². The third kappa shape index (κ3) is 3.55. The maximum absolute atomic E-state index is 12.7. The Hall–Kier alpha value is -2.44. The summed E-state index contributed by atoms with van der Waals surface area (Å²) in [4.78, 5) is 22.9. The molecular weight excluding hydrogens is 306 g/mol. The van der Waals surface area contributed by atoms with Crippen molar-refractivity contribution >= 4 is 5.91 Å². The van der Waals surface area contributed by atoms with Gasteiger partial charge in [-0.3, -0.25) is 9.78 Å². The lowest BCUT2D eigenvalue weighted by atomic mass is 10.1. The van der Waals surface area contributed by atoms with E-state index in [2.05, 4.69) is 15.1 Å². The van der Waals surface area contributed by atoms with Crippen LogP contribution in [0.15, 0.2) is 24.5 Å². The van der Waals surface area contributed by atoms with Crippen molar-refractivity contribution < 1.29 is 9.53 Å². The summed E-state index contributed by atoms with van der Waals surface area (Å²) in [5.41, 5.74) is 0. The quantitative estimate of drug-likeness (QED) is 0.857. The van der Waals surface area contributed by atoms with Crippen LogP contribution in [0, 0.1) is 13.8 Å². The van der Waals surface area contributed by atoms with Crippen molar-refractivity contribution in [2.75, 3.05) is 13.1 Å². The van der Waals surface area contributed by atoms with Crippen LogP contribution in [0.4, 0.5) is 0 Å². The summed E-state index contributed by atoms with van der Waals surface area (Å²) in [6.45, 7) is 7.02. The van der Waals surface area contributed by atoms with Crippen LogP contribution in [0.2, 0.25) is 0 Å². The molecule has 128 valence electrons. The molecule has 2 aromatic rings. The topological polar surface area (TPSA) is 73.1 Å². The van der Waals surface area contributed by atoms with E-state index in [1.807, 2.05) is 23.4 Å². The van der Waals surface area contributed by atoms with Crippen molar-refractivity contribution in [3.8, 4) is 5.75 Å². The molecule has 0 radical (unpaired) electrons. The summed E-state index contributed by atoms with van der Waals surface area (Å²) in [6, 6.07) is 3.77. The van der Waals surface area contributed by atoms with Crippen LogP contribution >= 0.6 is 0 Å². The van der Waals surface area contributed by atoms with E-state index in [4.69, 9.17) is 4.74 Å². The van der Waals surface area contributed by atoms with E-state index in [-0.39, 0.29) is 11.9 Å². The van der Waals surface area contributed by atoms with Crippen LogP contribution in [0.3, 0.4) is 0 Å². The second-order valence-electron chi connectivity index (χ2n) is 6.18. The highest BCUT2D eigenvalue weighted by atomic mass is 16.5. The SMILES string of the molecule is Cc1nc(C)n([C@H]2CCCN(C(=O)[C@H](C)Oc3cccnc3)C2)n1. The highest BCUT2D eigenvalue weighted by Gasteiger charge is 2.29. The van der Waals surface area contributed by atoms with E-state index >= 15 is 0 Å². The van der Waals surface area contributed by atoms with Crippen molar-refractivity contribution in [1.82, 2.24) is 24.6 Å². The molecule has 0 spiro atoms. The molecule has 0 N–H and O–H groups in total. The van der Waals surface area contributed by atoms with E-state index in [9.17, 15) is 4.79 Å². The average molecular weight is 329 g/mol. The van der Waals surface area contributed by atoms with Crippen molar-refractivity contribution in [1.29, 1.82) is 0 Å². The smallest absolute Gasteiger partial charge is 0.263 e. The molecule has 1 aliphatic rings. The number of aryl methyl sites for hydroxylation is 2. The van der Waals surface area contributed by atoms with E-state index in [0.29, 0.717) is 12.3 Å². The van der Waals surface area contributed by atoms with Gasteiger partial charge in [0.25, 0.3) is 5.91 Å². The van der Waals surface area contributed by atoms with Gasteiger partial charge in [0, 0.05) is 19.3 Å². The molecule has 2 aromatic heterocycles. The Balaban J connectivity index is 1.65. The maximum Gasteiger partial charge on any atom is 0.263 e. The predicted octanol–water partition coefficient (Wildman–Crippen LogP) is 1.92. The van der Waals surface area contributed by atoms with E-state index in [0.717, 1.165) is 31.0 Å². The Morgan fingerprint density at radius 2 is 2.25 bits per heavy atom. The van der Waals surface area contributed by atoms with Crippen molar-refractivity contribution in [3.05, 3.63) is 36.2 Å². The van der Waals surface area contributed by atoms with Gasteiger partial charge < -0.3 is 9.64 Å². The third-order valence-electron chi connectivity index (χ3n) is 4.26.